The Morgan fingerprint density at radius 2 is 2.00 bits per heavy atom. The molecule has 4 aliphatic carbocycles. The highest BCUT2D eigenvalue weighted by atomic mass is 16.3. The molecule has 0 radical (unpaired) electrons. The van der Waals surface area contributed by atoms with Crippen LogP contribution in [0, 0.1) is 29.1 Å². The van der Waals surface area contributed by atoms with E-state index in [0.717, 1.165) is 43.6 Å². The second-order valence-corrected chi connectivity index (χ2v) is 8.49. The molecule has 0 spiro atoms. The fourth-order valence-electron chi connectivity index (χ4n) is 6.11. The first-order valence-corrected chi connectivity index (χ1v) is 8.85. The molecule has 2 fully saturated rings. The van der Waals surface area contributed by atoms with E-state index in [1.54, 1.807) is 0 Å². The van der Waals surface area contributed by atoms with Gasteiger partial charge in [0.25, 0.3) is 0 Å². The number of aliphatic hydroxyl groups excluding tert-OH is 1. The minimum atomic E-state index is -0.711. The fourth-order valence-corrected chi connectivity index (χ4v) is 6.11. The molecule has 6 atom stereocenters. The van der Waals surface area contributed by atoms with Crippen molar-refractivity contribution in [1.29, 1.82) is 0 Å². The Kier molecular flexibility index (Phi) is 2.98. The van der Waals surface area contributed by atoms with Crippen molar-refractivity contribution in [2.45, 2.75) is 58.0 Å². The van der Waals surface area contributed by atoms with Crippen molar-refractivity contribution in [3.05, 3.63) is 35.6 Å². The Balaban J connectivity index is 1.70. The first-order chi connectivity index (χ1) is 10.3. The highest BCUT2D eigenvalue weighted by molar-refractivity contribution is 5.33. The normalized spacial score (nSPS) is 50.6. The van der Waals surface area contributed by atoms with Gasteiger partial charge >= 0.3 is 0 Å². The van der Waals surface area contributed by atoms with Crippen LogP contribution in [0.5, 0.6) is 0 Å². The van der Waals surface area contributed by atoms with Crippen LogP contribution < -0.4 is 0 Å². The summed E-state index contributed by atoms with van der Waals surface area (Å²) in [5, 5.41) is 20.8. The van der Waals surface area contributed by atoms with Crippen molar-refractivity contribution >= 4 is 0 Å². The monoisotopic (exact) mass is 300 g/mol. The number of allylic oxidation sites excluding steroid dienone is 4. The standard InChI is InChI=1S/C20H28O2/c1-12-10-18-17-6-4-13-11-14(21)5-7-15(13)16(17)8-9-19(18,2)20(12,3)22/h4,11,15-18,21-22H,1,5-10H2,2-3H3/t15-,16+,17+,18-,19-,20-/m0/s1. The maximum atomic E-state index is 11.0. The Bertz CT molecular complexity index is 583. The third kappa shape index (κ3) is 1.71. The van der Waals surface area contributed by atoms with Crippen LogP contribution in [0.15, 0.2) is 35.6 Å². The van der Waals surface area contributed by atoms with Crippen LogP contribution in [0.4, 0.5) is 0 Å². The van der Waals surface area contributed by atoms with Gasteiger partial charge in [-0.3, -0.25) is 0 Å². The van der Waals surface area contributed by atoms with Gasteiger partial charge in [0.15, 0.2) is 0 Å². The van der Waals surface area contributed by atoms with Gasteiger partial charge in [-0.05, 0) is 79.9 Å². The van der Waals surface area contributed by atoms with Crippen molar-refractivity contribution in [3.63, 3.8) is 0 Å². The SMILES string of the molecule is C=C1C[C@H]2[C@@H]3CC=C4C=C(O)CC[C@@H]4[C@H]3CC[C@]2(C)[C@@]1(C)O. The molecular formula is C20H28O2. The summed E-state index contributed by atoms with van der Waals surface area (Å²) in [6.45, 7) is 8.47. The van der Waals surface area contributed by atoms with E-state index >= 15 is 0 Å². The molecule has 0 unspecified atom stereocenters. The van der Waals surface area contributed by atoms with E-state index in [2.05, 4.69) is 19.6 Å². The number of hydrogen-bond acceptors (Lipinski definition) is 2. The molecule has 4 rings (SSSR count). The van der Waals surface area contributed by atoms with E-state index in [-0.39, 0.29) is 5.41 Å². The predicted octanol–water partition coefficient (Wildman–Crippen LogP) is 4.53. The van der Waals surface area contributed by atoms with Gasteiger partial charge in [0, 0.05) is 11.8 Å². The molecule has 120 valence electrons. The quantitative estimate of drug-likeness (QED) is 0.645. The number of aliphatic hydroxyl groups is 2. The summed E-state index contributed by atoms with van der Waals surface area (Å²) in [6, 6.07) is 0. The lowest BCUT2D eigenvalue weighted by atomic mass is 9.52. The van der Waals surface area contributed by atoms with E-state index in [4.69, 9.17) is 0 Å². The summed E-state index contributed by atoms with van der Waals surface area (Å²) in [5.41, 5.74) is 1.69. The van der Waals surface area contributed by atoms with Crippen LogP contribution >= 0.6 is 0 Å². The first-order valence-electron chi connectivity index (χ1n) is 8.85. The lowest BCUT2D eigenvalue weighted by Gasteiger charge is -2.54. The van der Waals surface area contributed by atoms with Crippen LogP contribution in [0.1, 0.15) is 52.4 Å². The zero-order valence-corrected chi connectivity index (χ0v) is 13.8. The van der Waals surface area contributed by atoms with Gasteiger partial charge in [0.2, 0.25) is 0 Å². The predicted molar refractivity (Wildman–Crippen MR) is 88.3 cm³/mol. The molecule has 0 aromatic rings. The Hall–Kier alpha value is -1.02. The van der Waals surface area contributed by atoms with Gasteiger partial charge in [-0.1, -0.05) is 19.6 Å². The van der Waals surface area contributed by atoms with Gasteiger partial charge in [-0.15, -0.1) is 0 Å². The van der Waals surface area contributed by atoms with Crippen LogP contribution in [-0.4, -0.2) is 15.8 Å². The maximum absolute atomic E-state index is 11.0. The summed E-state index contributed by atoms with van der Waals surface area (Å²) < 4.78 is 0. The van der Waals surface area contributed by atoms with E-state index in [0.29, 0.717) is 23.5 Å². The van der Waals surface area contributed by atoms with Crippen LogP contribution in [-0.2, 0) is 0 Å². The maximum Gasteiger partial charge on any atom is 0.0925 e. The Labute approximate surface area is 133 Å². The Morgan fingerprint density at radius 1 is 1.23 bits per heavy atom. The van der Waals surface area contributed by atoms with Gasteiger partial charge in [-0.25, -0.2) is 0 Å². The van der Waals surface area contributed by atoms with Gasteiger partial charge in [-0.2, -0.15) is 0 Å². The van der Waals surface area contributed by atoms with E-state index < -0.39 is 5.60 Å². The summed E-state index contributed by atoms with van der Waals surface area (Å²) in [5.74, 6) is 3.14. The molecule has 0 aromatic carbocycles. The molecule has 0 aromatic heterocycles. The summed E-state index contributed by atoms with van der Waals surface area (Å²) in [6.07, 6.45) is 10.7. The van der Waals surface area contributed by atoms with Crippen molar-refractivity contribution in [1.82, 2.24) is 0 Å². The molecule has 0 heterocycles. The minimum absolute atomic E-state index is 0.0107. The highest BCUT2D eigenvalue weighted by Gasteiger charge is 2.61. The lowest BCUT2D eigenvalue weighted by Crippen LogP contribution is -2.51. The highest BCUT2D eigenvalue weighted by Crippen LogP contribution is 2.65. The molecule has 0 amide bonds. The molecule has 0 saturated heterocycles. The topological polar surface area (TPSA) is 40.5 Å². The smallest absolute Gasteiger partial charge is 0.0925 e. The van der Waals surface area contributed by atoms with Crippen molar-refractivity contribution < 1.29 is 10.2 Å². The van der Waals surface area contributed by atoms with E-state index in [9.17, 15) is 10.2 Å². The summed E-state index contributed by atoms with van der Waals surface area (Å²) in [7, 11) is 0. The second-order valence-electron chi connectivity index (χ2n) is 8.49. The fraction of sp³-hybridized carbons (Fsp3) is 0.700. The molecule has 0 bridgehead atoms. The number of rotatable bonds is 0. The van der Waals surface area contributed by atoms with Crippen LogP contribution in [0.3, 0.4) is 0 Å². The minimum Gasteiger partial charge on any atom is -0.512 e. The molecule has 2 heteroatoms. The van der Waals surface area contributed by atoms with Crippen LogP contribution in [0.25, 0.3) is 0 Å². The van der Waals surface area contributed by atoms with E-state index in [1.807, 2.05) is 13.0 Å². The zero-order valence-electron chi connectivity index (χ0n) is 13.8. The lowest BCUT2D eigenvalue weighted by molar-refractivity contribution is -0.0911. The van der Waals surface area contributed by atoms with E-state index in [1.165, 1.54) is 12.0 Å². The number of fused-ring (bicyclic) bond motifs is 5. The molecule has 4 aliphatic rings. The van der Waals surface area contributed by atoms with Crippen molar-refractivity contribution in [2.24, 2.45) is 29.1 Å². The largest absolute Gasteiger partial charge is 0.512 e. The summed E-state index contributed by atoms with van der Waals surface area (Å²) >= 11 is 0. The van der Waals surface area contributed by atoms with Crippen molar-refractivity contribution in [2.75, 3.05) is 0 Å². The number of hydrogen-bond donors (Lipinski definition) is 2. The molecule has 2 N–H and O–H groups in total. The van der Waals surface area contributed by atoms with Gasteiger partial charge < -0.3 is 10.2 Å². The molecule has 0 aliphatic heterocycles. The molecule has 22 heavy (non-hydrogen) atoms. The van der Waals surface area contributed by atoms with Gasteiger partial charge in [0.1, 0.15) is 0 Å². The molecular weight excluding hydrogens is 272 g/mol. The second kappa shape index (κ2) is 4.50. The Morgan fingerprint density at radius 3 is 2.77 bits per heavy atom. The van der Waals surface area contributed by atoms with Gasteiger partial charge in [0.05, 0.1) is 11.4 Å². The third-order valence-corrected chi connectivity index (χ3v) is 7.76. The van der Waals surface area contributed by atoms with Crippen molar-refractivity contribution in [3.8, 4) is 0 Å². The van der Waals surface area contributed by atoms with Crippen LogP contribution in [0.2, 0.25) is 0 Å². The first kappa shape index (κ1) is 14.6. The molecule has 2 nitrogen and oxygen atoms in total. The average Bonchev–Trinajstić information content (AvgIpc) is 2.66. The average molecular weight is 300 g/mol. The molecule has 2 saturated carbocycles. The third-order valence-electron chi connectivity index (χ3n) is 7.76. The zero-order chi connectivity index (χ0) is 15.7. The summed E-state index contributed by atoms with van der Waals surface area (Å²) in [4.78, 5) is 0.